The maximum atomic E-state index is 14.2. The van der Waals surface area contributed by atoms with Crippen LogP contribution >= 0.6 is 0 Å². The SMILES string of the molecule is CCCc1cc(CC)cc([C@@H](Nc2ccc(C(=N)N)cc2)C(=O)O)c1OCc1cc(F)ccc1F. The molecule has 0 bridgehead atoms. The molecule has 6 nitrogen and oxygen atoms in total. The Labute approximate surface area is 203 Å². The van der Waals surface area contributed by atoms with Crippen molar-refractivity contribution in [1.29, 1.82) is 5.41 Å². The Kier molecular flexibility index (Phi) is 8.41. The van der Waals surface area contributed by atoms with E-state index in [1.165, 1.54) is 0 Å². The van der Waals surface area contributed by atoms with Gasteiger partial charge in [0.25, 0.3) is 0 Å². The highest BCUT2D eigenvalue weighted by molar-refractivity contribution is 5.95. The summed E-state index contributed by atoms with van der Waals surface area (Å²) < 4.78 is 33.9. The van der Waals surface area contributed by atoms with Gasteiger partial charge in [-0.15, -0.1) is 0 Å². The Morgan fingerprint density at radius 1 is 1.09 bits per heavy atom. The topological polar surface area (TPSA) is 108 Å². The summed E-state index contributed by atoms with van der Waals surface area (Å²) in [6.45, 7) is 3.72. The van der Waals surface area contributed by atoms with Crippen molar-refractivity contribution >= 4 is 17.5 Å². The molecule has 0 unspecified atom stereocenters. The zero-order valence-electron chi connectivity index (χ0n) is 19.7. The van der Waals surface area contributed by atoms with Crippen LogP contribution in [-0.2, 0) is 24.2 Å². The second-order valence-electron chi connectivity index (χ2n) is 8.21. The van der Waals surface area contributed by atoms with Crippen LogP contribution in [0.3, 0.4) is 0 Å². The predicted molar refractivity (Wildman–Crippen MR) is 132 cm³/mol. The minimum Gasteiger partial charge on any atom is -0.488 e. The molecule has 0 saturated carbocycles. The highest BCUT2D eigenvalue weighted by atomic mass is 19.1. The number of hydrogen-bond donors (Lipinski definition) is 4. The monoisotopic (exact) mass is 481 g/mol. The molecular formula is C27H29F2N3O3. The third-order valence-corrected chi connectivity index (χ3v) is 5.63. The number of ether oxygens (including phenoxy) is 1. The third kappa shape index (κ3) is 6.35. The predicted octanol–water partition coefficient (Wildman–Crippen LogP) is 5.58. The first-order chi connectivity index (χ1) is 16.7. The number of rotatable bonds is 11. The molecule has 8 heteroatoms. The van der Waals surface area contributed by atoms with Gasteiger partial charge < -0.3 is 20.9 Å². The highest BCUT2D eigenvalue weighted by Gasteiger charge is 2.26. The number of hydrogen-bond acceptors (Lipinski definition) is 4. The molecule has 0 aliphatic carbocycles. The number of carboxylic acids is 1. The average molecular weight is 482 g/mol. The molecule has 35 heavy (non-hydrogen) atoms. The van der Waals surface area contributed by atoms with E-state index in [2.05, 4.69) is 5.32 Å². The van der Waals surface area contributed by atoms with E-state index in [1.54, 1.807) is 30.3 Å². The fourth-order valence-corrected chi connectivity index (χ4v) is 3.82. The Morgan fingerprint density at radius 2 is 1.80 bits per heavy atom. The van der Waals surface area contributed by atoms with Gasteiger partial charge in [-0.25, -0.2) is 13.6 Å². The Morgan fingerprint density at radius 3 is 2.40 bits per heavy atom. The van der Waals surface area contributed by atoms with E-state index in [4.69, 9.17) is 15.9 Å². The molecule has 0 aromatic heterocycles. The number of aryl methyl sites for hydroxylation is 2. The van der Waals surface area contributed by atoms with Crippen LogP contribution in [0.1, 0.15) is 54.1 Å². The van der Waals surface area contributed by atoms with Gasteiger partial charge in [0.2, 0.25) is 0 Å². The van der Waals surface area contributed by atoms with Crippen molar-refractivity contribution in [2.45, 2.75) is 45.8 Å². The summed E-state index contributed by atoms with van der Waals surface area (Å²) in [4.78, 5) is 12.4. The van der Waals surface area contributed by atoms with Crippen LogP contribution in [0.2, 0.25) is 0 Å². The lowest BCUT2D eigenvalue weighted by molar-refractivity contribution is -0.138. The maximum absolute atomic E-state index is 14.2. The molecule has 3 aromatic rings. The fraction of sp³-hybridized carbons (Fsp3) is 0.259. The van der Waals surface area contributed by atoms with Crippen molar-refractivity contribution in [3.8, 4) is 5.75 Å². The van der Waals surface area contributed by atoms with Crippen LogP contribution < -0.4 is 15.8 Å². The molecule has 0 saturated heterocycles. The molecule has 0 heterocycles. The maximum Gasteiger partial charge on any atom is 0.330 e. The first kappa shape index (κ1) is 25.7. The fourth-order valence-electron chi connectivity index (χ4n) is 3.82. The minimum absolute atomic E-state index is 0.0395. The van der Waals surface area contributed by atoms with Crippen LogP contribution in [0, 0.1) is 17.0 Å². The summed E-state index contributed by atoms with van der Waals surface area (Å²) in [6.07, 6.45) is 2.10. The van der Waals surface area contributed by atoms with Gasteiger partial charge in [0.1, 0.15) is 29.8 Å². The number of nitrogens with two attached hydrogens (primary N) is 1. The lowest BCUT2D eigenvalue weighted by Crippen LogP contribution is -2.22. The van der Waals surface area contributed by atoms with Crippen molar-refractivity contribution < 1.29 is 23.4 Å². The number of carbonyl (C=O) groups is 1. The molecule has 0 fully saturated rings. The second-order valence-corrected chi connectivity index (χ2v) is 8.21. The van der Waals surface area contributed by atoms with Crippen LogP contribution in [0.15, 0.2) is 54.6 Å². The first-order valence-electron chi connectivity index (χ1n) is 11.4. The second kappa shape index (κ2) is 11.5. The lowest BCUT2D eigenvalue weighted by Gasteiger charge is -2.23. The van der Waals surface area contributed by atoms with Crippen molar-refractivity contribution in [1.82, 2.24) is 0 Å². The van der Waals surface area contributed by atoms with Gasteiger partial charge in [0.15, 0.2) is 6.04 Å². The summed E-state index contributed by atoms with van der Waals surface area (Å²) in [6, 6.07) is 12.2. The van der Waals surface area contributed by atoms with Gasteiger partial charge in [0, 0.05) is 22.4 Å². The van der Waals surface area contributed by atoms with Crippen molar-refractivity contribution in [3.63, 3.8) is 0 Å². The van der Waals surface area contributed by atoms with E-state index in [0.717, 1.165) is 35.7 Å². The van der Waals surface area contributed by atoms with E-state index >= 15 is 0 Å². The zero-order chi connectivity index (χ0) is 25.5. The normalized spacial score (nSPS) is 11.7. The van der Waals surface area contributed by atoms with E-state index in [1.807, 2.05) is 19.9 Å². The number of carboxylic acid groups (broad SMARTS) is 1. The molecule has 3 aromatic carbocycles. The molecule has 0 radical (unpaired) electrons. The van der Waals surface area contributed by atoms with Gasteiger partial charge >= 0.3 is 5.97 Å². The lowest BCUT2D eigenvalue weighted by atomic mass is 9.95. The molecule has 0 amide bonds. The molecule has 1 atom stereocenters. The van der Waals surface area contributed by atoms with E-state index < -0.39 is 23.6 Å². The molecule has 3 rings (SSSR count). The number of aliphatic carboxylic acids is 1. The number of nitrogens with one attached hydrogen (secondary N) is 2. The van der Waals surface area contributed by atoms with Gasteiger partial charge in [-0.1, -0.05) is 26.3 Å². The van der Waals surface area contributed by atoms with E-state index in [-0.39, 0.29) is 18.0 Å². The zero-order valence-corrected chi connectivity index (χ0v) is 19.7. The molecule has 0 aliphatic heterocycles. The Hall–Kier alpha value is -3.94. The van der Waals surface area contributed by atoms with Gasteiger partial charge in [0.05, 0.1) is 0 Å². The minimum atomic E-state index is -1.17. The summed E-state index contributed by atoms with van der Waals surface area (Å²) in [7, 11) is 0. The van der Waals surface area contributed by atoms with Crippen LogP contribution in [0.5, 0.6) is 5.75 Å². The van der Waals surface area contributed by atoms with Crippen LogP contribution in [0.25, 0.3) is 0 Å². The third-order valence-electron chi connectivity index (χ3n) is 5.63. The van der Waals surface area contributed by atoms with Crippen LogP contribution in [0.4, 0.5) is 14.5 Å². The number of halogens is 2. The quantitative estimate of drug-likeness (QED) is 0.211. The average Bonchev–Trinajstić information content (AvgIpc) is 2.83. The van der Waals surface area contributed by atoms with Crippen molar-refractivity contribution in [2.24, 2.45) is 5.73 Å². The number of anilines is 1. The molecule has 0 aliphatic rings. The van der Waals surface area contributed by atoms with Gasteiger partial charge in [-0.3, -0.25) is 5.41 Å². The Balaban J connectivity index is 2.04. The molecular weight excluding hydrogens is 452 g/mol. The highest BCUT2D eigenvalue weighted by Crippen LogP contribution is 2.35. The smallest absolute Gasteiger partial charge is 0.330 e. The summed E-state index contributed by atoms with van der Waals surface area (Å²) in [5.74, 6) is -2.06. The number of amidine groups is 1. The van der Waals surface area contributed by atoms with Gasteiger partial charge in [-0.2, -0.15) is 0 Å². The molecule has 5 N–H and O–H groups in total. The molecule has 184 valence electrons. The summed E-state index contributed by atoms with van der Waals surface area (Å²) in [5.41, 5.74) is 8.71. The van der Waals surface area contributed by atoms with E-state index in [0.29, 0.717) is 35.4 Å². The largest absolute Gasteiger partial charge is 0.488 e. The number of benzene rings is 3. The van der Waals surface area contributed by atoms with Crippen molar-refractivity contribution in [2.75, 3.05) is 5.32 Å². The number of nitrogen functional groups attached to an aromatic ring is 1. The van der Waals surface area contributed by atoms with E-state index in [9.17, 15) is 18.7 Å². The van der Waals surface area contributed by atoms with Gasteiger partial charge in [-0.05, 0) is 72.5 Å². The molecule has 0 spiro atoms. The Bertz CT molecular complexity index is 1210. The summed E-state index contributed by atoms with van der Waals surface area (Å²) in [5, 5.41) is 20.7. The summed E-state index contributed by atoms with van der Waals surface area (Å²) >= 11 is 0. The standard InChI is InChI=1S/C27H29F2N3O3/c1-3-5-18-12-16(4-2)13-22(25(18)35-15-19-14-20(28)8-11-23(19)29)24(27(33)34)32-21-9-6-17(7-10-21)26(30)31/h6-14,24,32H,3-5,15H2,1-2H3,(H3,30,31)(H,33,34)/t24-/m1/s1. The van der Waals surface area contributed by atoms with Crippen LogP contribution in [-0.4, -0.2) is 16.9 Å². The van der Waals surface area contributed by atoms with Crippen molar-refractivity contribution in [3.05, 3.63) is 94.0 Å². The first-order valence-corrected chi connectivity index (χ1v) is 11.4.